The molecule has 0 aliphatic rings. The smallest absolute Gasteiger partial charge is 0.109 e. The molecule has 0 spiro atoms. The van der Waals surface area contributed by atoms with Gasteiger partial charge in [-0.1, -0.05) is 31.4 Å². The minimum atomic E-state index is 0.716. The maximum Gasteiger partial charge on any atom is 0.109 e. The van der Waals surface area contributed by atoms with Crippen LogP contribution >= 0.6 is 11.6 Å². The Bertz CT molecular complexity index is 571. The lowest BCUT2D eigenvalue weighted by Gasteiger charge is -2.15. The SMILES string of the molecule is CCCC(CCN)CCc1nc2cc(Cl)ccc2n1CC. The van der Waals surface area contributed by atoms with E-state index in [2.05, 4.69) is 24.5 Å². The van der Waals surface area contributed by atoms with E-state index in [0.717, 1.165) is 36.5 Å². The average molecular weight is 308 g/mol. The Hall–Kier alpha value is -1.06. The standard InChI is InChI=1S/C17H26ClN3/c1-3-5-13(10-11-19)6-9-17-20-15-12-14(18)7-8-16(15)21(17)4-2/h7-8,12-13H,3-6,9-11,19H2,1-2H3. The molecule has 0 amide bonds. The summed E-state index contributed by atoms with van der Waals surface area (Å²) in [5.41, 5.74) is 7.92. The molecule has 0 saturated heterocycles. The van der Waals surface area contributed by atoms with E-state index in [4.69, 9.17) is 22.3 Å². The highest BCUT2D eigenvalue weighted by atomic mass is 35.5. The van der Waals surface area contributed by atoms with Crippen molar-refractivity contribution in [2.75, 3.05) is 6.54 Å². The van der Waals surface area contributed by atoms with E-state index in [-0.39, 0.29) is 0 Å². The molecule has 4 heteroatoms. The average Bonchev–Trinajstić information content (AvgIpc) is 2.81. The van der Waals surface area contributed by atoms with Crippen LogP contribution in [0.15, 0.2) is 18.2 Å². The predicted molar refractivity (Wildman–Crippen MR) is 90.8 cm³/mol. The molecule has 2 aromatic rings. The van der Waals surface area contributed by atoms with E-state index < -0.39 is 0 Å². The highest BCUT2D eigenvalue weighted by Crippen LogP contribution is 2.23. The van der Waals surface area contributed by atoms with E-state index in [0.29, 0.717) is 5.92 Å². The maximum atomic E-state index is 6.07. The number of nitrogens with zero attached hydrogens (tertiary/aromatic N) is 2. The lowest BCUT2D eigenvalue weighted by atomic mass is 9.94. The van der Waals surface area contributed by atoms with Gasteiger partial charge in [-0.05, 0) is 50.4 Å². The van der Waals surface area contributed by atoms with Crippen molar-refractivity contribution in [3.63, 3.8) is 0 Å². The highest BCUT2D eigenvalue weighted by molar-refractivity contribution is 6.31. The van der Waals surface area contributed by atoms with Gasteiger partial charge in [0.2, 0.25) is 0 Å². The number of hydrogen-bond acceptors (Lipinski definition) is 2. The molecular weight excluding hydrogens is 282 g/mol. The molecule has 2 rings (SSSR count). The van der Waals surface area contributed by atoms with E-state index in [1.807, 2.05) is 12.1 Å². The zero-order valence-electron chi connectivity index (χ0n) is 13.1. The van der Waals surface area contributed by atoms with Gasteiger partial charge < -0.3 is 10.3 Å². The summed E-state index contributed by atoms with van der Waals surface area (Å²) in [7, 11) is 0. The third-order valence-electron chi connectivity index (χ3n) is 4.15. The summed E-state index contributed by atoms with van der Waals surface area (Å²) in [4.78, 5) is 4.78. The van der Waals surface area contributed by atoms with Crippen LogP contribution in [0.4, 0.5) is 0 Å². The van der Waals surface area contributed by atoms with Gasteiger partial charge in [0.15, 0.2) is 0 Å². The number of aromatic nitrogens is 2. The number of imidazole rings is 1. The quantitative estimate of drug-likeness (QED) is 0.785. The summed E-state index contributed by atoms with van der Waals surface area (Å²) in [6.45, 7) is 6.14. The van der Waals surface area contributed by atoms with Crippen molar-refractivity contribution in [2.24, 2.45) is 11.7 Å². The molecule has 2 N–H and O–H groups in total. The fraction of sp³-hybridized carbons (Fsp3) is 0.588. The Morgan fingerprint density at radius 3 is 2.71 bits per heavy atom. The van der Waals surface area contributed by atoms with E-state index in [9.17, 15) is 0 Å². The van der Waals surface area contributed by atoms with E-state index in [1.54, 1.807) is 0 Å². The number of nitrogens with two attached hydrogens (primary N) is 1. The Morgan fingerprint density at radius 1 is 1.24 bits per heavy atom. The molecule has 0 aliphatic heterocycles. The van der Waals surface area contributed by atoms with Crippen molar-refractivity contribution < 1.29 is 0 Å². The molecule has 1 atom stereocenters. The van der Waals surface area contributed by atoms with Crippen molar-refractivity contribution in [3.05, 3.63) is 29.0 Å². The van der Waals surface area contributed by atoms with Gasteiger partial charge in [0.25, 0.3) is 0 Å². The Balaban J connectivity index is 2.17. The van der Waals surface area contributed by atoms with Gasteiger partial charge in [-0.2, -0.15) is 0 Å². The molecular formula is C17H26ClN3. The first-order valence-electron chi connectivity index (χ1n) is 8.04. The number of hydrogen-bond donors (Lipinski definition) is 1. The first kappa shape index (κ1) is 16.3. The lowest BCUT2D eigenvalue weighted by Crippen LogP contribution is -2.11. The van der Waals surface area contributed by atoms with Crippen LogP contribution < -0.4 is 5.73 Å². The molecule has 1 heterocycles. The van der Waals surface area contributed by atoms with Gasteiger partial charge in [0.05, 0.1) is 11.0 Å². The van der Waals surface area contributed by atoms with Crippen LogP contribution in [0.2, 0.25) is 5.02 Å². The molecule has 0 bridgehead atoms. The molecule has 0 fully saturated rings. The van der Waals surface area contributed by atoms with Gasteiger partial charge in [-0.15, -0.1) is 0 Å². The van der Waals surface area contributed by atoms with Crippen LogP contribution in [0.5, 0.6) is 0 Å². The highest BCUT2D eigenvalue weighted by Gasteiger charge is 2.13. The third kappa shape index (κ3) is 3.98. The molecule has 1 unspecified atom stereocenters. The minimum Gasteiger partial charge on any atom is -0.330 e. The zero-order chi connectivity index (χ0) is 15.2. The first-order valence-corrected chi connectivity index (χ1v) is 8.42. The summed E-state index contributed by atoms with van der Waals surface area (Å²) >= 11 is 6.07. The molecule has 3 nitrogen and oxygen atoms in total. The summed E-state index contributed by atoms with van der Waals surface area (Å²) in [5, 5.41) is 0.752. The van der Waals surface area contributed by atoms with Crippen LogP contribution in [-0.2, 0) is 13.0 Å². The molecule has 1 aromatic heterocycles. The van der Waals surface area contributed by atoms with Crippen molar-refractivity contribution in [2.45, 2.75) is 52.5 Å². The fourth-order valence-electron chi connectivity index (χ4n) is 3.11. The van der Waals surface area contributed by atoms with E-state index in [1.165, 1.54) is 30.6 Å². The van der Waals surface area contributed by atoms with Gasteiger partial charge >= 0.3 is 0 Å². The van der Waals surface area contributed by atoms with Crippen LogP contribution in [0.1, 0.15) is 45.4 Å². The third-order valence-corrected chi connectivity index (χ3v) is 4.39. The topological polar surface area (TPSA) is 43.8 Å². The molecule has 0 aliphatic carbocycles. The number of aryl methyl sites for hydroxylation is 2. The number of rotatable bonds is 8. The molecule has 1 aromatic carbocycles. The van der Waals surface area contributed by atoms with Crippen molar-refractivity contribution >= 4 is 22.6 Å². The minimum absolute atomic E-state index is 0.716. The van der Waals surface area contributed by atoms with E-state index >= 15 is 0 Å². The Labute approximate surface area is 132 Å². The first-order chi connectivity index (χ1) is 10.2. The monoisotopic (exact) mass is 307 g/mol. The van der Waals surface area contributed by atoms with Crippen LogP contribution in [0, 0.1) is 5.92 Å². The number of benzene rings is 1. The number of halogens is 1. The normalized spacial score (nSPS) is 13.0. The van der Waals surface area contributed by atoms with Gasteiger partial charge in [0, 0.05) is 18.0 Å². The second-order valence-electron chi connectivity index (χ2n) is 5.68. The zero-order valence-corrected chi connectivity index (χ0v) is 13.9. The number of fused-ring (bicyclic) bond motifs is 1. The second kappa shape index (κ2) is 7.81. The van der Waals surface area contributed by atoms with Crippen molar-refractivity contribution in [1.29, 1.82) is 0 Å². The van der Waals surface area contributed by atoms with Crippen LogP contribution in [0.3, 0.4) is 0 Å². The maximum absolute atomic E-state index is 6.07. The van der Waals surface area contributed by atoms with Crippen molar-refractivity contribution in [3.8, 4) is 0 Å². The van der Waals surface area contributed by atoms with Gasteiger partial charge in [-0.3, -0.25) is 0 Å². The second-order valence-corrected chi connectivity index (χ2v) is 6.11. The summed E-state index contributed by atoms with van der Waals surface area (Å²) in [6, 6.07) is 5.97. The summed E-state index contributed by atoms with van der Waals surface area (Å²) in [6.07, 6.45) is 5.79. The fourth-order valence-corrected chi connectivity index (χ4v) is 3.27. The summed E-state index contributed by atoms with van der Waals surface area (Å²) in [5.74, 6) is 1.89. The van der Waals surface area contributed by atoms with Crippen LogP contribution in [-0.4, -0.2) is 16.1 Å². The largest absolute Gasteiger partial charge is 0.330 e. The molecule has 0 radical (unpaired) electrons. The van der Waals surface area contributed by atoms with Gasteiger partial charge in [-0.25, -0.2) is 4.98 Å². The summed E-state index contributed by atoms with van der Waals surface area (Å²) < 4.78 is 2.30. The molecule has 21 heavy (non-hydrogen) atoms. The molecule has 116 valence electrons. The lowest BCUT2D eigenvalue weighted by molar-refractivity contribution is 0.415. The predicted octanol–water partition coefficient (Wildman–Crippen LogP) is 4.41. The molecule has 0 saturated carbocycles. The van der Waals surface area contributed by atoms with Gasteiger partial charge in [0.1, 0.15) is 5.82 Å². The van der Waals surface area contributed by atoms with Crippen molar-refractivity contribution in [1.82, 2.24) is 9.55 Å². The Morgan fingerprint density at radius 2 is 2.05 bits per heavy atom. The van der Waals surface area contributed by atoms with Crippen LogP contribution in [0.25, 0.3) is 11.0 Å². The Kier molecular flexibility index (Phi) is 6.07.